The van der Waals surface area contributed by atoms with Gasteiger partial charge in [-0.05, 0) is 43.7 Å². The molecule has 0 spiro atoms. The van der Waals surface area contributed by atoms with Crippen molar-refractivity contribution in [2.24, 2.45) is 11.8 Å². The van der Waals surface area contributed by atoms with Crippen LogP contribution in [-0.4, -0.2) is 11.5 Å². The number of nitrogens with two attached hydrogens (primary N) is 1. The summed E-state index contributed by atoms with van der Waals surface area (Å²) in [6.45, 7) is 5.35. The minimum atomic E-state index is 0.748. The van der Waals surface area contributed by atoms with Crippen LogP contribution in [0.15, 0.2) is 12.1 Å². The molecule has 1 aromatic heterocycles. The van der Waals surface area contributed by atoms with Gasteiger partial charge in [-0.25, -0.2) is 4.98 Å². The fraction of sp³-hybridized carbons (Fsp3) is 0.667. The minimum Gasteiger partial charge on any atom is -0.396 e. The van der Waals surface area contributed by atoms with Crippen LogP contribution in [0, 0.1) is 18.8 Å². The highest BCUT2D eigenvalue weighted by Crippen LogP contribution is 2.30. The predicted molar refractivity (Wildman–Crippen MR) is 77.6 cm³/mol. The van der Waals surface area contributed by atoms with Crippen molar-refractivity contribution >= 4 is 11.5 Å². The number of nitrogens with zero attached hydrogens (tertiary/aromatic N) is 1. The van der Waals surface area contributed by atoms with Gasteiger partial charge in [0, 0.05) is 12.2 Å². The highest BCUT2D eigenvalue weighted by molar-refractivity contribution is 5.61. The molecule has 0 bridgehead atoms. The van der Waals surface area contributed by atoms with E-state index >= 15 is 0 Å². The summed E-state index contributed by atoms with van der Waals surface area (Å²) in [4.78, 5) is 4.43. The number of anilines is 2. The van der Waals surface area contributed by atoms with E-state index in [1.165, 1.54) is 32.1 Å². The second-order valence-corrected chi connectivity index (χ2v) is 5.74. The van der Waals surface area contributed by atoms with Crippen molar-refractivity contribution in [1.82, 2.24) is 4.98 Å². The van der Waals surface area contributed by atoms with Gasteiger partial charge in [-0.15, -0.1) is 0 Å². The average molecular weight is 247 g/mol. The quantitative estimate of drug-likeness (QED) is 0.854. The Hall–Kier alpha value is -1.25. The number of hydrogen-bond donors (Lipinski definition) is 2. The zero-order valence-electron chi connectivity index (χ0n) is 11.6. The smallest absolute Gasteiger partial charge is 0.149 e. The molecular weight excluding hydrogens is 222 g/mol. The molecule has 1 saturated carbocycles. The zero-order chi connectivity index (χ0) is 13.0. The average Bonchev–Trinajstić information content (AvgIpc) is 2.34. The summed E-state index contributed by atoms with van der Waals surface area (Å²) in [6, 6.07) is 3.87. The minimum absolute atomic E-state index is 0.748. The molecule has 0 aliphatic heterocycles. The van der Waals surface area contributed by atoms with Crippen molar-refractivity contribution in [2.45, 2.75) is 46.0 Å². The Bertz CT molecular complexity index is 389. The van der Waals surface area contributed by atoms with Crippen LogP contribution in [0.25, 0.3) is 0 Å². The molecule has 2 atom stereocenters. The standard InChI is InChI=1S/C15H25N3/c1-11-4-3-5-13(10-11)8-9-17-15-14(16)7-6-12(2)18-15/h6-7,11,13H,3-5,8-10,16H2,1-2H3,(H,17,18). The second-order valence-electron chi connectivity index (χ2n) is 5.74. The van der Waals surface area contributed by atoms with Crippen molar-refractivity contribution in [3.05, 3.63) is 17.8 Å². The molecule has 3 N–H and O–H groups in total. The predicted octanol–water partition coefficient (Wildman–Crippen LogP) is 3.60. The van der Waals surface area contributed by atoms with Crippen LogP contribution in [0.1, 0.15) is 44.7 Å². The number of aromatic nitrogens is 1. The molecule has 0 amide bonds. The summed E-state index contributed by atoms with van der Waals surface area (Å²) in [7, 11) is 0. The van der Waals surface area contributed by atoms with Crippen molar-refractivity contribution in [3.8, 4) is 0 Å². The topological polar surface area (TPSA) is 50.9 Å². The van der Waals surface area contributed by atoms with E-state index in [1.807, 2.05) is 19.1 Å². The van der Waals surface area contributed by atoms with Crippen molar-refractivity contribution in [3.63, 3.8) is 0 Å². The van der Waals surface area contributed by atoms with E-state index < -0.39 is 0 Å². The van der Waals surface area contributed by atoms with Gasteiger partial charge in [-0.3, -0.25) is 0 Å². The highest BCUT2D eigenvalue weighted by atomic mass is 15.0. The van der Waals surface area contributed by atoms with Gasteiger partial charge < -0.3 is 11.1 Å². The molecule has 3 heteroatoms. The first-order valence-corrected chi connectivity index (χ1v) is 7.12. The van der Waals surface area contributed by atoms with Crippen molar-refractivity contribution in [1.29, 1.82) is 0 Å². The molecule has 1 aliphatic carbocycles. The van der Waals surface area contributed by atoms with E-state index in [0.717, 1.165) is 35.6 Å². The fourth-order valence-electron chi connectivity index (χ4n) is 2.93. The van der Waals surface area contributed by atoms with Crippen molar-refractivity contribution in [2.75, 3.05) is 17.6 Å². The second kappa shape index (κ2) is 6.07. The Morgan fingerprint density at radius 3 is 3.00 bits per heavy atom. The maximum Gasteiger partial charge on any atom is 0.149 e. The van der Waals surface area contributed by atoms with E-state index in [1.54, 1.807) is 0 Å². The lowest BCUT2D eigenvalue weighted by Gasteiger charge is -2.26. The van der Waals surface area contributed by atoms with Crippen LogP contribution >= 0.6 is 0 Å². The molecule has 100 valence electrons. The third-order valence-corrected chi connectivity index (χ3v) is 3.96. The van der Waals surface area contributed by atoms with Crippen LogP contribution in [-0.2, 0) is 0 Å². The molecule has 1 aromatic rings. The fourth-order valence-corrected chi connectivity index (χ4v) is 2.93. The lowest BCUT2D eigenvalue weighted by Crippen LogP contribution is -2.17. The Labute approximate surface area is 110 Å². The SMILES string of the molecule is Cc1ccc(N)c(NCCC2CCCC(C)C2)n1. The molecule has 2 rings (SSSR count). The number of pyridine rings is 1. The molecule has 0 saturated heterocycles. The van der Waals surface area contributed by atoms with Crippen LogP contribution in [0.2, 0.25) is 0 Å². The zero-order valence-corrected chi connectivity index (χ0v) is 11.6. The summed E-state index contributed by atoms with van der Waals surface area (Å²) in [5.41, 5.74) is 7.67. The summed E-state index contributed by atoms with van der Waals surface area (Å²) in [5.74, 6) is 2.64. The summed E-state index contributed by atoms with van der Waals surface area (Å²) < 4.78 is 0. The van der Waals surface area contributed by atoms with Crippen LogP contribution < -0.4 is 11.1 Å². The lowest BCUT2D eigenvalue weighted by molar-refractivity contribution is 0.274. The van der Waals surface area contributed by atoms with Gasteiger partial charge in [0.1, 0.15) is 5.82 Å². The van der Waals surface area contributed by atoms with E-state index in [-0.39, 0.29) is 0 Å². The highest BCUT2D eigenvalue weighted by Gasteiger charge is 2.18. The van der Waals surface area contributed by atoms with Crippen LogP contribution in [0.4, 0.5) is 11.5 Å². The van der Waals surface area contributed by atoms with Gasteiger partial charge >= 0.3 is 0 Å². The monoisotopic (exact) mass is 247 g/mol. The molecule has 1 fully saturated rings. The third kappa shape index (κ3) is 3.62. The summed E-state index contributed by atoms with van der Waals surface area (Å²) >= 11 is 0. The van der Waals surface area contributed by atoms with Crippen LogP contribution in [0.5, 0.6) is 0 Å². The van der Waals surface area contributed by atoms with E-state index in [4.69, 9.17) is 5.73 Å². The normalized spacial score (nSPS) is 23.9. The number of rotatable bonds is 4. The Balaban J connectivity index is 1.79. The number of hydrogen-bond acceptors (Lipinski definition) is 3. The number of nitrogen functional groups attached to an aromatic ring is 1. The number of nitrogens with one attached hydrogen (secondary N) is 1. The summed E-state index contributed by atoms with van der Waals surface area (Å²) in [6.07, 6.45) is 6.83. The van der Waals surface area contributed by atoms with E-state index in [0.29, 0.717) is 0 Å². The Morgan fingerprint density at radius 2 is 2.22 bits per heavy atom. The van der Waals surface area contributed by atoms with Gasteiger partial charge in [0.15, 0.2) is 0 Å². The molecular formula is C15H25N3. The van der Waals surface area contributed by atoms with Crippen molar-refractivity contribution < 1.29 is 0 Å². The summed E-state index contributed by atoms with van der Waals surface area (Å²) in [5, 5.41) is 3.38. The maximum absolute atomic E-state index is 5.91. The largest absolute Gasteiger partial charge is 0.396 e. The number of aryl methyl sites for hydroxylation is 1. The molecule has 0 aromatic carbocycles. The van der Waals surface area contributed by atoms with Gasteiger partial charge in [0.2, 0.25) is 0 Å². The molecule has 1 heterocycles. The third-order valence-electron chi connectivity index (χ3n) is 3.96. The van der Waals surface area contributed by atoms with Gasteiger partial charge in [0.05, 0.1) is 5.69 Å². The Morgan fingerprint density at radius 1 is 1.39 bits per heavy atom. The first-order valence-electron chi connectivity index (χ1n) is 7.12. The van der Waals surface area contributed by atoms with Gasteiger partial charge in [-0.2, -0.15) is 0 Å². The lowest BCUT2D eigenvalue weighted by atomic mass is 9.81. The van der Waals surface area contributed by atoms with Crippen LogP contribution in [0.3, 0.4) is 0 Å². The molecule has 1 aliphatic rings. The molecule has 0 radical (unpaired) electrons. The van der Waals surface area contributed by atoms with Gasteiger partial charge in [-0.1, -0.05) is 26.2 Å². The first kappa shape index (κ1) is 13.2. The maximum atomic E-state index is 5.91. The Kier molecular flexibility index (Phi) is 4.45. The van der Waals surface area contributed by atoms with Gasteiger partial charge in [0.25, 0.3) is 0 Å². The first-order chi connectivity index (χ1) is 8.65. The van der Waals surface area contributed by atoms with E-state index in [2.05, 4.69) is 17.2 Å². The van der Waals surface area contributed by atoms with E-state index in [9.17, 15) is 0 Å². The molecule has 2 unspecified atom stereocenters. The molecule has 3 nitrogen and oxygen atoms in total. The molecule has 18 heavy (non-hydrogen) atoms.